The fraction of sp³-hybridized carbons (Fsp3) is 0.909. The Balaban J connectivity index is 2.25. The highest BCUT2D eigenvalue weighted by atomic mass is 32.2. The third-order valence-electron chi connectivity index (χ3n) is 4.15. The maximum atomic E-state index is 12.1. The van der Waals surface area contributed by atoms with E-state index in [4.69, 9.17) is 5.11 Å². The summed E-state index contributed by atoms with van der Waals surface area (Å²) in [6, 6.07) is 0. The van der Waals surface area contributed by atoms with Gasteiger partial charge in [0.25, 0.3) is 0 Å². The highest BCUT2D eigenvalue weighted by Crippen LogP contribution is 2.51. The minimum atomic E-state index is -3.14. The summed E-state index contributed by atoms with van der Waals surface area (Å²) in [4.78, 5) is 11.0. The van der Waals surface area contributed by atoms with Crippen molar-refractivity contribution in [2.45, 2.75) is 43.6 Å². The minimum Gasteiger partial charge on any atom is -0.481 e. The minimum absolute atomic E-state index is 0.144. The predicted molar refractivity (Wildman–Crippen MR) is 59.8 cm³/mol. The quantitative estimate of drug-likeness (QED) is 0.815. The van der Waals surface area contributed by atoms with Crippen LogP contribution in [0.5, 0.6) is 0 Å². The molecule has 5 heteroatoms. The first-order valence-corrected chi connectivity index (χ1v) is 7.40. The Kier molecular flexibility index (Phi) is 2.77. The number of carboxylic acids is 1. The number of rotatable bonds is 3. The van der Waals surface area contributed by atoms with Gasteiger partial charge in [0.15, 0.2) is 9.84 Å². The molecule has 0 heterocycles. The molecule has 1 N–H and O–H groups in total. The zero-order chi connectivity index (χ0) is 12.1. The van der Waals surface area contributed by atoms with Crippen molar-refractivity contribution in [1.82, 2.24) is 0 Å². The summed E-state index contributed by atoms with van der Waals surface area (Å²) in [5.41, 5.74) is 0. The monoisotopic (exact) mass is 246 g/mol. The van der Waals surface area contributed by atoms with Crippen molar-refractivity contribution < 1.29 is 18.3 Å². The second-order valence-corrected chi connectivity index (χ2v) is 8.08. The van der Waals surface area contributed by atoms with Crippen LogP contribution in [0.1, 0.15) is 33.1 Å². The van der Waals surface area contributed by atoms with Crippen LogP contribution < -0.4 is 0 Å². The van der Waals surface area contributed by atoms with Crippen molar-refractivity contribution in [2.75, 3.05) is 0 Å². The van der Waals surface area contributed by atoms with Gasteiger partial charge in [0.2, 0.25) is 0 Å². The van der Waals surface area contributed by atoms with Crippen LogP contribution in [0, 0.1) is 17.8 Å². The van der Waals surface area contributed by atoms with Crippen molar-refractivity contribution in [3.63, 3.8) is 0 Å². The van der Waals surface area contributed by atoms with Crippen molar-refractivity contribution >= 4 is 15.8 Å². The fourth-order valence-corrected chi connectivity index (χ4v) is 5.32. The van der Waals surface area contributed by atoms with E-state index < -0.39 is 32.2 Å². The molecule has 4 unspecified atom stereocenters. The molecule has 0 aromatic rings. The van der Waals surface area contributed by atoms with Crippen molar-refractivity contribution in [3.05, 3.63) is 0 Å². The lowest BCUT2D eigenvalue weighted by Gasteiger charge is -2.28. The van der Waals surface area contributed by atoms with Gasteiger partial charge in [0, 0.05) is 0 Å². The van der Waals surface area contributed by atoms with E-state index in [1.54, 1.807) is 13.8 Å². The van der Waals surface area contributed by atoms with Crippen molar-refractivity contribution in [2.24, 2.45) is 17.8 Å². The highest BCUT2D eigenvalue weighted by Gasteiger charge is 2.53. The third-order valence-corrected chi connectivity index (χ3v) is 6.85. The molecule has 4 atom stereocenters. The molecule has 2 saturated carbocycles. The molecule has 0 aromatic heterocycles. The summed E-state index contributed by atoms with van der Waals surface area (Å²) in [6.07, 6.45) is 2.13. The molecule has 0 saturated heterocycles. The topological polar surface area (TPSA) is 71.4 Å². The molecule has 16 heavy (non-hydrogen) atoms. The lowest BCUT2D eigenvalue weighted by molar-refractivity contribution is -0.143. The van der Waals surface area contributed by atoms with Crippen LogP contribution >= 0.6 is 0 Å². The van der Waals surface area contributed by atoms with E-state index in [9.17, 15) is 13.2 Å². The Morgan fingerprint density at radius 1 is 1.25 bits per heavy atom. The molecule has 2 fully saturated rings. The SMILES string of the molecule is CC(C)S(=O)(=O)C1CC2CC(C(=O)O)C1C2. The molecule has 2 aliphatic carbocycles. The predicted octanol–water partition coefficient (Wildman–Crippen LogP) is 1.31. The third kappa shape index (κ3) is 1.65. The first-order chi connectivity index (χ1) is 7.34. The van der Waals surface area contributed by atoms with E-state index in [1.807, 2.05) is 0 Å². The zero-order valence-corrected chi connectivity index (χ0v) is 10.4. The Bertz CT molecular complexity index is 398. The number of aliphatic carboxylic acids is 1. The van der Waals surface area contributed by atoms with Crippen LogP contribution in [0.3, 0.4) is 0 Å². The van der Waals surface area contributed by atoms with Gasteiger partial charge in [-0.3, -0.25) is 4.79 Å². The van der Waals surface area contributed by atoms with Crippen LogP contribution in [0.25, 0.3) is 0 Å². The number of sulfone groups is 1. The van der Waals surface area contributed by atoms with Crippen LogP contribution in [0.4, 0.5) is 0 Å². The molecule has 4 nitrogen and oxygen atoms in total. The fourth-order valence-electron chi connectivity index (χ4n) is 3.30. The summed E-state index contributed by atoms with van der Waals surface area (Å²) in [7, 11) is -3.14. The van der Waals surface area contributed by atoms with E-state index in [-0.39, 0.29) is 5.92 Å². The van der Waals surface area contributed by atoms with E-state index in [2.05, 4.69) is 0 Å². The second kappa shape index (κ2) is 3.72. The molecule has 92 valence electrons. The Hall–Kier alpha value is -0.580. The summed E-state index contributed by atoms with van der Waals surface area (Å²) in [6.45, 7) is 3.36. The molecule has 0 aromatic carbocycles. The number of hydrogen-bond acceptors (Lipinski definition) is 3. The number of carbonyl (C=O) groups is 1. The Morgan fingerprint density at radius 3 is 2.31 bits per heavy atom. The smallest absolute Gasteiger partial charge is 0.306 e. The van der Waals surface area contributed by atoms with Crippen LogP contribution in [-0.2, 0) is 14.6 Å². The number of carboxylic acid groups (broad SMARTS) is 1. The van der Waals surface area contributed by atoms with E-state index >= 15 is 0 Å². The average molecular weight is 246 g/mol. The number of hydrogen-bond donors (Lipinski definition) is 1. The van der Waals surface area contributed by atoms with Gasteiger partial charge in [-0.25, -0.2) is 8.42 Å². The first kappa shape index (κ1) is 11.9. The molecule has 0 spiro atoms. The molecular formula is C11H18O4S. The van der Waals surface area contributed by atoms with E-state index in [0.29, 0.717) is 18.8 Å². The standard InChI is InChI=1S/C11H18O4S/c1-6(2)16(14,15)10-5-7-3-8(10)9(4-7)11(12)13/h6-10H,3-5H2,1-2H3,(H,12,13). The van der Waals surface area contributed by atoms with E-state index in [0.717, 1.165) is 6.42 Å². The summed E-state index contributed by atoms with van der Waals surface area (Å²) < 4.78 is 24.2. The van der Waals surface area contributed by atoms with Crippen LogP contribution in [0.2, 0.25) is 0 Å². The van der Waals surface area contributed by atoms with Gasteiger partial charge in [-0.1, -0.05) is 0 Å². The molecule has 0 amide bonds. The molecule has 2 aliphatic rings. The van der Waals surface area contributed by atoms with E-state index in [1.165, 1.54) is 0 Å². The van der Waals surface area contributed by atoms with Crippen LogP contribution in [-0.4, -0.2) is 30.0 Å². The van der Waals surface area contributed by atoms with Crippen molar-refractivity contribution in [1.29, 1.82) is 0 Å². The molecule has 0 aliphatic heterocycles. The zero-order valence-electron chi connectivity index (χ0n) is 9.59. The molecule has 2 rings (SSSR count). The van der Waals surface area contributed by atoms with Crippen molar-refractivity contribution in [3.8, 4) is 0 Å². The average Bonchev–Trinajstić information content (AvgIpc) is 2.75. The van der Waals surface area contributed by atoms with Gasteiger partial charge in [-0.05, 0) is 44.9 Å². The normalized spacial score (nSPS) is 38.2. The maximum absolute atomic E-state index is 12.1. The summed E-state index contributed by atoms with van der Waals surface area (Å²) in [5.74, 6) is -1.09. The summed E-state index contributed by atoms with van der Waals surface area (Å²) in [5, 5.41) is 8.26. The summed E-state index contributed by atoms with van der Waals surface area (Å²) >= 11 is 0. The number of fused-ring (bicyclic) bond motifs is 2. The van der Waals surface area contributed by atoms with Gasteiger partial charge in [-0.2, -0.15) is 0 Å². The maximum Gasteiger partial charge on any atom is 0.306 e. The van der Waals surface area contributed by atoms with Gasteiger partial charge >= 0.3 is 5.97 Å². The Morgan fingerprint density at radius 2 is 1.88 bits per heavy atom. The molecular weight excluding hydrogens is 228 g/mol. The second-order valence-electron chi connectivity index (χ2n) is 5.36. The molecule has 2 bridgehead atoms. The van der Waals surface area contributed by atoms with Gasteiger partial charge in [0.1, 0.15) is 0 Å². The Labute approximate surface area is 96.0 Å². The van der Waals surface area contributed by atoms with Crippen LogP contribution in [0.15, 0.2) is 0 Å². The van der Waals surface area contributed by atoms with Gasteiger partial charge in [-0.15, -0.1) is 0 Å². The van der Waals surface area contributed by atoms with Gasteiger partial charge < -0.3 is 5.11 Å². The lowest BCUT2D eigenvalue weighted by Crippen LogP contribution is -2.38. The molecule has 0 radical (unpaired) electrons. The largest absolute Gasteiger partial charge is 0.481 e. The van der Waals surface area contributed by atoms with Gasteiger partial charge in [0.05, 0.1) is 16.4 Å². The first-order valence-electron chi connectivity index (χ1n) is 5.79. The highest BCUT2D eigenvalue weighted by molar-refractivity contribution is 7.92. The lowest BCUT2D eigenvalue weighted by atomic mass is 9.88.